The molecule has 106 valence electrons. The van der Waals surface area contributed by atoms with E-state index in [0.29, 0.717) is 12.4 Å². The van der Waals surface area contributed by atoms with Gasteiger partial charge in [0.25, 0.3) is 0 Å². The first kappa shape index (κ1) is 13.9. The smallest absolute Gasteiger partial charge is 0.339 e. The molecule has 1 N–H and O–H groups in total. The summed E-state index contributed by atoms with van der Waals surface area (Å²) < 4.78 is 15.7. The predicted molar refractivity (Wildman–Crippen MR) is 70.0 cm³/mol. The van der Waals surface area contributed by atoms with Crippen LogP contribution in [-0.2, 0) is 6.61 Å². The first-order valence-electron chi connectivity index (χ1n) is 6.22. The van der Waals surface area contributed by atoms with Crippen LogP contribution >= 0.6 is 0 Å². The van der Waals surface area contributed by atoms with Crippen LogP contribution in [0, 0.1) is 0 Å². The topological polar surface area (TPSA) is 81.8 Å². The summed E-state index contributed by atoms with van der Waals surface area (Å²) in [5.41, 5.74) is 0.812. The van der Waals surface area contributed by atoms with E-state index in [0.717, 1.165) is 12.0 Å². The van der Waals surface area contributed by atoms with E-state index >= 15 is 0 Å². The van der Waals surface area contributed by atoms with Crippen LogP contribution in [0.3, 0.4) is 0 Å². The van der Waals surface area contributed by atoms with Crippen molar-refractivity contribution >= 4 is 5.97 Å². The fraction of sp³-hybridized carbons (Fsp3) is 0.286. The third kappa shape index (κ3) is 3.50. The van der Waals surface area contributed by atoms with Gasteiger partial charge in [-0.25, -0.2) is 4.79 Å². The maximum atomic E-state index is 11.2. The van der Waals surface area contributed by atoms with Gasteiger partial charge in [-0.2, -0.15) is 0 Å². The summed E-state index contributed by atoms with van der Waals surface area (Å²) >= 11 is 0. The molecule has 0 amide bonds. The first-order chi connectivity index (χ1) is 9.70. The molecule has 1 aromatic carbocycles. The van der Waals surface area contributed by atoms with Crippen molar-refractivity contribution in [1.82, 2.24) is 5.16 Å². The third-order valence-electron chi connectivity index (χ3n) is 2.53. The Balaban J connectivity index is 2.15. The van der Waals surface area contributed by atoms with Crippen molar-refractivity contribution in [2.75, 3.05) is 6.61 Å². The van der Waals surface area contributed by atoms with Crippen molar-refractivity contribution in [2.24, 2.45) is 0 Å². The first-order valence-corrected chi connectivity index (χ1v) is 6.22. The van der Waals surface area contributed by atoms with Crippen LogP contribution in [0.25, 0.3) is 0 Å². The minimum absolute atomic E-state index is 0.0882. The van der Waals surface area contributed by atoms with E-state index in [1.54, 1.807) is 12.1 Å². The van der Waals surface area contributed by atoms with Gasteiger partial charge in [-0.05, 0) is 18.6 Å². The van der Waals surface area contributed by atoms with Crippen LogP contribution < -0.4 is 9.47 Å². The molecule has 1 aromatic heterocycles. The Morgan fingerprint density at radius 1 is 1.40 bits per heavy atom. The fourth-order valence-corrected chi connectivity index (χ4v) is 1.57. The SMILES string of the molecule is CCCOc1ccc(C(=O)O)c(OCc2cnoc2)c1. The second kappa shape index (κ2) is 6.60. The van der Waals surface area contributed by atoms with Gasteiger partial charge >= 0.3 is 5.97 Å². The number of hydrogen-bond donors (Lipinski definition) is 1. The van der Waals surface area contributed by atoms with Crippen LogP contribution in [0.5, 0.6) is 11.5 Å². The van der Waals surface area contributed by atoms with Crippen LogP contribution in [0.15, 0.2) is 35.2 Å². The third-order valence-corrected chi connectivity index (χ3v) is 2.53. The van der Waals surface area contributed by atoms with Crippen molar-refractivity contribution in [3.05, 3.63) is 41.8 Å². The molecule has 0 fully saturated rings. The maximum absolute atomic E-state index is 11.2. The van der Waals surface area contributed by atoms with Gasteiger partial charge in [-0.1, -0.05) is 12.1 Å². The summed E-state index contributed by atoms with van der Waals surface area (Å²) in [4.78, 5) is 11.2. The van der Waals surface area contributed by atoms with Crippen molar-refractivity contribution in [1.29, 1.82) is 0 Å². The number of benzene rings is 1. The number of aromatic carboxylic acids is 1. The number of ether oxygens (including phenoxy) is 2. The van der Waals surface area contributed by atoms with Gasteiger partial charge in [-0.15, -0.1) is 0 Å². The number of aromatic nitrogens is 1. The lowest BCUT2D eigenvalue weighted by Gasteiger charge is -2.11. The second-order valence-corrected chi connectivity index (χ2v) is 4.13. The quantitative estimate of drug-likeness (QED) is 0.838. The Morgan fingerprint density at radius 2 is 2.25 bits per heavy atom. The molecule has 0 spiro atoms. The van der Waals surface area contributed by atoms with Gasteiger partial charge in [0.2, 0.25) is 0 Å². The zero-order valence-electron chi connectivity index (χ0n) is 11.0. The molecule has 2 rings (SSSR count). The van der Waals surface area contributed by atoms with Crippen molar-refractivity contribution in [3.8, 4) is 11.5 Å². The van der Waals surface area contributed by atoms with Gasteiger partial charge in [0.1, 0.15) is 29.9 Å². The normalized spacial score (nSPS) is 10.2. The molecule has 6 heteroatoms. The summed E-state index contributed by atoms with van der Waals surface area (Å²) in [6.45, 7) is 2.74. The number of hydrogen-bond acceptors (Lipinski definition) is 5. The molecule has 0 bridgehead atoms. The summed E-state index contributed by atoms with van der Waals surface area (Å²) in [7, 11) is 0. The highest BCUT2D eigenvalue weighted by Gasteiger charge is 2.13. The van der Waals surface area contributed by atoms with E-state index in [1.165, 1.54) is 18.5 Å². The predicted octanol–water partition coefficient (Wildman–Crippen LogP) is 2.74. The number of carboxylic acids is 1. The molecule has 20 heavy (non-hydrogen) atoms. The lowest BCUT2D eigenvalue weighted by Crippen LogP contribution is -2.04. The zero-order valence-corrected chi connectivity index (χ0v) is 11.0. The molecular formula is C14H15NO5. The van der Waals surface area contributed by atoms with Crippen LogP contribution in [-0.4, -0.2) is 22.8 Å². The molecule has 6 nitrogen and oxygen atoms in total. The number of rotatable bonds is 7. The van der Waals surface area contributed by atoms with Crippen LogP contribution in [0.1, 0.15) is 29.3 Å². The molecule has 0 unspecified atom stereocenters. The second-order valence-electron chi connectivity index (χ2n) is 4.13. The summed E-state index contributed by atoms with van der Waals surface area (Å²) in [5, 5.41) is 12.7. The van der Waals surface area contributed by atoms with E-state index in [2.05, 4.69) is 9.68 Å². The molecule has 0 aliphatic heterocycles. The minimum Gasteiger partial charge on any atom is -0.493 e. The Labute approximate surface area is 115 Å². The van der Waals surface area contributed by atoms with Gasteiger partial charge in [-0.3, -0.25) is 0 Å². The van der Waals surface area contributed by atoms with Crippen LogP contribution in [0.4, 0.5) is 0 Å². The fourth-order valence-electron chi connectivity index (χ4n) is 1.57. The summed E-state index contributed by atoms with van der Waals surface area (Å²) in [6, 6.07) is 4.66. The Hall–Kier alpha value is -2.50. The minimum atomic E-state index is -1.05. The van der Waals surface area contributed by atoms with Gasteiger partial charge in [0.05, 0.1) is 12.8 Å². The summed E-state index contributed by atoms with van der Waals surface area (Å²) in [5.74, 6) is -0.211. The summed E-state index contributed by atoms with van der Waals surface area (Å²) in [6.07, 6.45) is 3.83. The largest absolute Gasteiger partial charge is 0.493 e. The Kier molecular flexibility index (Phi) is 4.60. The molecular weight excluding hydrogens is 262 g/mol. The highest BCUT2D eigenvalue weighted by molar-refractivity contribution is 5.91. The molecule has 0 saturated carbocycles. The van der Waals surface area contributed by atoms with Crippen molar-refractivity contribution in [2.45, 2.75) is 20.0 Å². The zero-order chi connectivity index (χ0) is 14.4. The Morgan fingerprint density at radius 3 is 2.90 bits per heavy atom. The monoisotopic (exact) mass is 277 g/mol. The van der Waals surface area contributed by atoms with E-state index in [1.807, 2.05) is 6.92 Å². The maximum Gasteiger partial charge on any atom is 0.339 e. The molecule has 0 atom stereocenters. The molecule has 0 aliphatic rings. The lowest BCUT2D eigenvalue weighted by atomic mass is 10.2. The van der Waals surface area contributed by atoms with E-state index in [4.69, 9.17) is 14.6 Å². The highest BCUT2D eigenvalue weighted by Crippen LogP contribution is 2.26. The number of nitrogens with zero attached hydrogens (tertiary/aromatic N) is 1. The van der Waals surface area contributed by atoms with E-state index in [-0.39, 0.29) is 17.9 Å². The molecule has 1 heterocycles. The van der Waals surface area contributed by atoms with Crippen LogP contribution in [0.2, 0.25) is 0 Å². The molecule has 0 aliphatic carbocycles. The number of carbonyl (C=O) groups is 1. The average molecular weight is 277 g/mol. The standard InChI is InChI=1S/C14H15NO5/c1-2-5-18-11-3-4-12(14(16)17)13(6-11)19-8-10-7-15-20-9-10/h3-4,6-7,9H,2,5,8H2,1H3,(H,16,17). The Bertz CT molecular complexity index is 565. The average Bonchev–Trinajstić information content (AvgIpc) is 2.96. The lowest BCUT2D eigenvalue weighted by molar-refractivity contribution is 0.0691. The van der Waals surface area contributed by atoms with Crippen molar-refractivity contribution in [3.63, 3.8) is 0 Å². The van der Waals surface area contributed by atoms with E-state index in [9.17, 15) is 4.79 Å². The van der Waals surface area contributed by atoms with Gasteiger partial charge in [0, 0.05) is 11.6 Å². The highest BCUT2D eigenvalue weighted by atomic mass is 16.5. The molecule has 0 saturated heterocycles. The van der Waals surface area contributed by atoms with E-state index < -0.39 is 5.97 Å². The van der Waals surface area contributed by atoms with Gasteiger partial charge in [0.15, 0.2) is 0 Å². The molecule has 2 aromatic rings. The van der Waals surface area contributed by atoms with Crippen molar-refractivity contribution < 1.29 is 23.9 Å². The molecule has 0 radical (unpaired) electrons. The van der Waals surface area contributed by atoms with Gasteiger partial charge < -0.3 is 19.1 Å². The number of carboxylic acid groups (broad SMARTS) is 1.